The van der Waals surface area contributed by atoms with Crippen LogP contribution in [0.5, 0.6) is 0 Å². The molecule has 1 saturated carbocycles. The Morgan fingerprint density at radius 3 is 2.33 bits per heavy atom. The Kier molecular flexibility index (Phi) is 8.57. The van der Waals surface area contributed by atoms with E-state index in [1.807, 2.05) is 11.9 Å². The molecule has 0 saturated heterocycles. The smallest absolute Gasteiger partial charge is 0.0882 e. The van der Waals surface area contributed by atoms with Crippen molar-refractivity contribution in [3.8, 4) is 0 Å². The van der Waals surface area contributed by atoms with E-state index in [2.05, 4.69) is 48.7 Å². The molecule has 0 aromatic heterocycles. The number of benzene rings is 1. The highest BCUT2D eigenvalue weighted by molar-refractivity contribution is 7.98. The zero-order valence-corrected chi connectivity index (χ0v) is 18.2. The monoisotopic (exact) mass is 386 g/mol. The predicted octanol–water partition coefficient (Wildman–Crippen LogP) is 7.55. The minimum Gasteiger partial charge on any atom is -0.235 e. The second-order valence-electron chi connectivity index (χ2n) is 8.44. The maximum absolute atomic E-state index is 4.75. The predicted molar refractivity (Wildman–Crippen MR) is 120 cm³/mol. The van der Waals surface area contributed by atoms with Crippen molar-refractivity contribution < 1.29 is 0 Å². The molecule has 0 bridgehead atoms. The average molecular weight is 387 g/mol. The Morgan fingerprint density at radius 1 is 0.926 bits per heavy atom. The zero-order chi connectivity index (χ0) is 18.9. The number of hydrazone groups is 1. The van der Waals surface area contributed by atoms with Crippen molar-refractivity contribution >= 4 is 18.2 Å². The highest BCUT2D eigenvalue weighted by atomic mass is 32.2. The lowest BCUT2D eigenvalue weighted by Gasteiger charge is -2.32. The van der Waals surface area contributed by atoms with E-state index in [1.165, 1.54) is 88.2 Å². The molecule has 0 N–H and O–H groups in total. The van der Waals surface area contributed by atoms with Gasteiger partial charge in [0.05, 0.1) is 11.3 Å². The fraction of sp³-hybridized carbons (Fsp3) is 0.708. The summed E-state index contributed by atoms with van der Waals surface area (Å²) >= 11 is 1.93. The lowest BCUT2D eigenvalue weighted by molar-refractivity contribution is 0.230. The topological polar surface area (TPSA) is 15.6 Å². The maximum atomic E-state index is 4.75. The van der Waals surface area contributed by atoms with Crippen LogP contribution in [0.25, 0.3) is 0 Å². The van der Waals surface area contributed by atoms with E-state index in [0.717, 1.165) is 5.92 Å². The van der Waals surface area contributed by atoms with Gasteiger partial charge in [-0.05, 0) is 67.5 Å². The molecule has 1 aliphatic carbocycles. The van der Waals surface area contributed by atoms with Crippen molar-refractivity contribution in [3.63, 3.8) is 0 Å². The third-order valence-electron chi connectivity index (χ3n) is 6.37. The molecule has 0 amide bonds. The van der Waals surface area contributed by atoms with Gasteiger partial charge in [-0.3, -0.25) is 0 Å². The van der Waals surface area contributed by atoms with Gasteiger partial charge in [0.15, 0.2) is 0 Å². The van der Waals surface area contributed by atoms with E-state index in [1.54, 1.807) is 0 Å². The van der Waals surface area contributed by atoms with E-state index in [0.29, 0.717) is 11.3 Å². The summed E-state index contributed by atoms with van der Waals surface area (Å²) in [7, 11) is 0. The third kappa shape index (κ3) is 6.27. The first kappa shape index (κ1) is 20.8. The van der Waals surface area contributed by atoms with Crippen LogP contribution in [0.3, 0.4) is 0 Å². The summed E-state index contributed by atoms with van der Waals surface area (Å²) in [5, 5.41) is 5.15. The second kappa shape index (κ2) is 11.1. The Hall–Kier alpha value is -0.960. The van der Waals surface area contributed by atoms with Gasteiger partial charge < -0.3 is 0 Å². The molecule has 27 heavy (non-hydrogen) atoms. The van der Waals surface area contributed by atoms with Gasteiger partial charge in [0, 0.05) is 6.21 Å². The number of hydrogen-bond acceptors (Lipinski definition) is 3. The first-order chi connectivity index (χ1) is 13.3. The minimum atomic E-state index is 0.400. The molecule has 1 aromatic carbocycles. The number of hydrogen-bond donors (Lipinski definition) is 0. The molecule has 0 radical (unpaired) electrons. The van der Waals surface area contributed by atoms with E-state index in [-0.39, 0.29) is 0 Å². The Bertz CT molecular complexity index is 560. The molecule has 1 atom stereocenters. The summed E-state index contributed by atoms with van der Waals surface area (Å²) in [4.78, 5) is 0. The largest absolute Gasteiger partial charge is 0.235 e. The summed E-state index contributed by atoms with van der Waals surface area (Å²) in [6.45, 7) is 4.62. The lowest BCUT2D eigenvalue weighted by atomic mass is 9.85. The SMILES string of the molecule is CCCCCCCCc1ccc(C2C=NN(C3CCC(CC)CC3)S2)cc1. The van der Waals surface area contributed by atoms with E-state index < -0.39 is 0 Å². The highest BCUT2D eigenvalue weighted by Gasteiger charge is 2.30. The van der Waals surface area contributed by atoms with Crippen molar-refractivity contribution in [2.75, 3.05) is 0 Å². The standard InChI is InChI=1S/C24H38N2S/c1-3-5-6-7-8-9-10-21-11-15-22(16-12-21)24-19-25-26(27-24)23-17-13-20(4-2)14-18-23/h11-12,15-16,19-20,23-24H,3-10,13-14,17-18H2,1-2H3. The number of rotatable bonds is 10. The molecule has 2 nitrogen and oxygen atoms in total. The Morgan fingerprint density at radius 2 is 1.63 bits per heavy atom. The molecule has 3 rings (SSSR count). The quantitative estimate of drug-likeness (QED) is 0.305. The van der Waals surface area contributed by atoms with Crippen molar-refractivity contribution in [1.82, 2.24) is 4.41 Å². The minimum absolute atomic E-state index is 0.400. The zero-order valence-electron chi connectivity index (χ0n) is 17.4. The average Bonchev–Trinajstić information content (AvgIpc) is 3.21. The van der Waals surface area contributed by atoms with Crippen LogP contribution in [0.4, 0.5) is 0 Å². The van der Waals surface area contributed by atoms with Crippen LogP contribution in [0, 0.1) is 5.92 Å². The van der Waals surface area contributed by atoms with Gasteiger partial charge in [0.2, 0.25) is 0 Å². The van der Waals surface area contributed by atoms with Gasteiger partial charge in [-0.25, -0.2) is 4.41 Å². The second-order valence-corrected chi connectivity index (χ2v) is 9.53. The summed E-state index contributed by atoms with van der Waals surface area (Å²) in [6.07, 6.45) is 18.4. The van der Waals surface area contributed by atoms with Crippen molar-refractivity contribution in [2.24, 2.45) is 11.0 Å². The highest BCUT2D eigenvalue weighted by Crippen LogP contribution is 2.41. The van der Waals surface area contributed by atoms with Gasteiger partial charge in [-0.15, -0.1) is 0 Å². The van der Waals surface area contributed by atoms with E-state index in [4.69, 9.17) is 5.10 Å². The summed E-state index contributed by atoms with van der Waals surface area (Å²) < 4.78 is 2.31. The molecule has 0 spiro atoms. The fourth-order valence-electron chi connectivity index (χ4n) is 4.38. The summed E-state index contributed by atoms with van der Waals surface area (Å²) in [5.74, 6) is 0.952. The molecule has 1 aliphatic heterocycles. The van der Waals surface area contributed by atoms with Crippen LogP contribution in [0.2, 0.25) is 0 Å². The number of nitrogens with zero attached hydrogens (tertiary/aromatic N) is 2. The van der Waals surface area contributed by atoms with Crippen molar-refractivity contribution in [1.29, 1.82) is 0 Å². The fourth-order valence-corrected chi connectivity index (χ4v) is 5.49. The van der Waals surface area contributed by atoms with Crippen molar-refractivity contribution in [3.05, 3.63) is 35.4 Å². The van der Waals surface area contributed by atoms with Crippen LogP contribution in [0.1, 0.15) is 101 Å². The summed E-state index contributed by atoms with van der Waals surface area (Å²) in [6, 6.07) is 9.97. The van der Waals surface area contributed by atoms with Crippen LogP contribution in [0.15, 0.2) is 29.4 Å². The molecular formula is C24H38N2S. The molecule has 2 aliphatic rings. The Labute approximate surface area is 171 Å². The lowest BCUT2D eigenvalue weighted by Crippen LogP contribution is -2.28. The van der Waals surface area contributed by atoms with Crippen LogP contribution < -0.4 is 0 Å². The first-order valence-electron chi connectivity index (χ1n) is 11.4. The summed E-state index contributed by atoms with van der Waals surface area (Å²) in [5.41, 5.74) is 2.89. The maximum Gasteiger partial charge on any atom is 0.0882 e. The van der Waals surface area contributed by atoms with Crippen LogP contribution in [-0.4, -0.2) is 16.7 Å². The van der Waals surface area contributed by atoms with Gasteiger partial charge in [0.25, 0.3) is 0 Å². The molecule has 3 heteroatoms. The van der Waals surface area contributed by atoms with Gasteiger partial charge in [-0.1, -0.05) is 76.6 Å². The molecule has 1 aromatic rings. The van der Waals surface area contributed by atoms with Gasteiger partial charge in [-0.2, -0.15) is 5.10 Å². The Balaban J connectivity index is 1.40. The molecule has 1 unspecified atom stereocenters. The first-order valence-corrected chi connectivity index (χ1v) is 12.2. The molecule has 1 fully saturated rings. The van der Waals surface area contributed by atoms with E-state index in [9.17, 15) is 0 Å². The number of aryl methyl sites for hydroxylation is 1. The molecular weight excluding hydrogens is 348 g/mol. The number of unbranched alkanes of at least 4 members (excludes halogenated alkanes) is 5. The van der Waals surface area contributed by atoms with Crippen LogP contribution >= 0.6 is 11.9 Å². The molecule has 150 valence electrons. The van der Waals surface area contributed by atoms with Crippen LogP contribution in [-0.2, 0) is 6.42 Å². The van der Waals surface area contributed by atoms with E-state index >= 15 is 0 Å². The molecule has 1 heterocycles. The van der Waals surface area contributed by atoms with Crippen molar-refractivity contribution in [2.45, 2.75) is 102 Å². The van der Waals surface area contributed by atoms with Gasteiger partial charge in [0.1, 0.15) is 0 Å². The van der Waals surface area contributed by atoms with Gasteiger partial charge >= 0.3 is 0 Å². The third-order valence-corrected chi connectivity index (χ3v) is 7.60. The normalized spacial score (nSPS) is 25.3.